The molecule has 2 aromatic rings. The molecule has 0 spiro atoms. The van der Waals surface area contributed by atoms with Crippen LogP contribution in [0.5, 0.6) is 17.2 Å². The minimum atomic E-state index is -1.15. The topological polar surface area (TPSA) is 76.0 Å². The van der Waals surface area contributed by atoms with E-state index >= 15 is 0 Å². The molecule has 0 aliphatic carbocycles. The molecule has 0 fully saturated rings. The zero-order valence-corrected chi connectivity index (χ0v) is 10.9. The third-order valence-corrected chi connectivity index (χ3v) is 3.84. The van der Waals surface area contributed by atoms with Gasteiger partial charge in [-0.05, 0) is 6.92 Å². The molecular formula is C12H12O5S. The van der Waals surface area contributed by atoms with Gasteiger partial charge >= 0.3 is 5.97 Å². The van der Waals surface area contributed by atoms with Gasteiger partial charge in [0.05, 0.1) is 14.2 Å². The van der Waals surface area contributed by atoms with E-state index in [0.29, 0.717) is 27.1 Å². The van der Waals surface area contributed by atoms with Gasteiger partial charge in [0.15, 0.2) is 16.4 Å². The van der Waals surface area contributed by atoms with E-state index in [0.717, 1.165) is 11.3 Å². The second-order valence-electron chi connectivity index (χ2n) is 3.70. The van der Waals surface area contributed by atoms with Gasteiger partial charge in [0.25, 0.3) is 0 Å². The van der Waals surface area contributed by atoms with Gasteiger partial charge in [0.2, 0.25) is 0 Å². The van der Waals surface area contributed by atoms with Gasteiger partial charge in [-0.3, -0.25) is 0 Å². The maximum atomic E-state index is 11.0. The molecule has 6 heteroatoms. The van der Waals surface area contributed by atoms with Gasteiger partial charge in [0, 0.05) is 21.7 Å². The number of carboxylic acids is 1. The number of fused-ring (bicyclic) bond motifs is 1. The lowest BCUT2D eigenvalue weighted by atomic mass is 10.1. The second kappa shape index (κ2) is 4.38. The van der Waals surface area contributed by atoms with Crippen molar-refractivity contribution in [2.24, 2.45) is 0 Å². The average molecular weight is 268 g/mol. The van der Waals surface area contributed by atoms with Gasteiger partial charge in [-0.2, -0.15) is 0 Å². The minimum absolute atomic E-state index is 0.0802. The zero-order valence-electron chi connectivity index (χ0n) is 10.1. The molecule has 0 saturated heterocycles. The van der Waals surface area contributed by atoms with E-state index < -0.39 is 5.97 Å². The van der Waals surface area contributed by atoms with E-state index in [9.17, 15) is 9.90 Å². The lowest BCUT2D eigenvalue weighted by Gasteiger charge is -2.11. The Balaban J connectivity index is 2.87. The summed E-state index contributed by atoms with van der Waals surface area (Å²) in [6, 6.07) is 1.66. The van der Waals surface area contributed by atoms with Crippen LogP contribution in [-0.2, 0) is 0 Å². The first-order chi connectivity index (χ1) is 8.51. The first kappa shape index (κ1) is 12.5. The number of methoxy groups -OCH3 is 2. The monoisotopic (exact) mass is 268 g/mol. The van der Waals surface area contributed by atoms with Gasteiger partial charge in [-0.15, -0.1) is 11.3 Å². The second-order valence-corrected chi connectivity index (χ2v) is 4.75. The standard InChI is InChI=1S/C12H12O5S/c1-5-8-7(4-6(16-2)10(5)17-3)18-11(9(8)13)12(14)15/h4,13H,1-3H3,(H,14,15). The van der Waals surface area contributed by atoms with Crippen molar-refractivity contribution in [3.8, 4) is 17.2 Å². The van der Waals surface area contributed by atoms with Crippen molar-refractivity contribution in [3.63, 3.8) is 0 Å². The molecule has 1 aromatic carbocycles. The van der Waals surface area contributed by atoms with Crippen LogP contribution in [0.3, 0.4) is 0 Å². The Bertz CT molecular complexity index is 629. The highest BCUT2D eigenvalue weighted by Gasteiger charge is 2.22. The van der Waals surface area contributed by atoms with Crippen LogP contribution in [-0.4, -0.2) is 30.4 Å². The molecule has 0 aliphatic rings. The van der Waals surface area contributed by atoms with E-state index in [1.807, 2.05) is 0 Å². The fourth-order valence-electron chi connectivity index (χ4n) is 1.94. The zero-order chi connectivity index (χ0) is 13.4. The fraction of sp³-hybridized carbons (Fsp3) is 0.250. The molecule has 0 bridgehead atoms. The van der Waals surface area contributed by atoms with Crippen LogP contribution >= 0.6 is 11.3 Å². The van der Waals surface area contributed by atoms with Crippen LogP contribution in [0, 0.1) is 6.92 Å². The molecule has 0 radical (unpaired) electrons. The Morgan fingerprint density at radius 2 is 2.00 bits per heavy atom. The summed E-state index contributed by atoms with van der Waals surface area (Å²) in [5.41, 5.74) is 0.660. The maximum Gasteiger partial charge on any atom is 0.349 e. The molecule has 0 amide bonds. The molecule has 5 nitrogen and oxygen atoms in total. The summed E-state index contributed by atoms with van der Waals surface area (Å²) in [4.78, 5) is 10.9. The van der Waals surface area contributed by atoms with Crippen molar-refractivity contribution < 1.29 is 24.5 Å². The van der Waals surface area contributed by atoms with Crippen LogP contribution in [0.25, 0.3) is 10.1 Å². The number of hydrogen-bond donors (Lipinski definition) is 2. The van der Waals surface area contributed by atoms with E-state index in [4.69, 9.17) is 14.6 Å². The van der Waals surface area contributed by atoms with Crippen LogP contribution < -0.4 is 9.47 Å². The van der Waals surface area contributed by atoms with E-state index in [2.05, 4.69) is 0 Å². The molecule has 2 N–H and O–H groups in total. The summed E-state index contributed by atoms with van der Waals surface area (Å²) in [6.45, 7) is 1.75. The van der Waals surface area contributed by atoms with Gasteiger partial charge in [-0.25, -0.2) is 4.79 Å². The molecule has 0 aliphatic heterocycles. The average Bonchev–Trinajstić information content (AvgIpc) is 2.66. The quantitative estimate of drug-likeness (QED) is 0.895. The summed E-state index contributed by atoms with van der Waals surface area (Å²) < 4.78 is 11.1. The first-order valence-corrected chi connectivity index (χ1v) is 5.93. The normalized spacial score (nSPS) is 10.6. The summed E-state index contributed by atoms with van der Waals surface area (Å²) in [7, 11) is 3.01. The third-order valence-electron chi connectivity index (χ3n) is 2.73. The number of aromatic carboxylic acids is 1. The number of carbonyl (C=O) groups is 1. The van der Waals surface area contributed by atoms with E-state index in [1.165, 1.54) is 14.2 Å². The number of ether oxygens (including phenoxy) is 2. The SMILES string of the molecule is COc1cc2sc(C(=O)O)c(O)c2c(C)c1OC. The number of benzene rings is 1. The lowest BCUT2D eigenvalue weighted by molar-refractivity contribution is 0.0699. The van der Waals surface area contributed by atoms with Crippen LogP contribution in [0.15, 0.2) is 6.07 Å². The molecule has 0 atom stereocenters. The van der Waals surface area contributed by atoms with Crippen LogP contribution in [0.2, 0.25) is 0 Å². The highest BCUT2D eigenvalue weighted by molar-refractivity contribution is 7.21. The molecule has 1 heterocycles. The van der Waals surface area contributed by atoms with Crippen molar-refractivity contribution in [3.05, 3.63) is 16.5 Å². The number of thiophene rings is 1. The molecule has 1 aromatic heterocycles. The largest absolute Gasteiger partial charge is 0.505 e. The highest BCUT2D eigenvalue weighted by Crippen LogP contribution is 2.45. The summed E-state index contributed by atoms with van der Waals surface area (Å²) in [6.07, 6.45) is 0. The number of aryl methyl sites for hydroxylation is 1. The van der Waals surface area contributed by atoms with Crippen molar-refractivity contribution in [2.75, 3.05) is 14.2 Å². The Kier molecular flexibility index (Phi) is 3.04. The molecule has 0 saturated carbocycles. The van der Waals surface area contributed by atoms with Crippen molar-refractivity contribution in [2.45, 2.75) is 6.92 Å². The third kappa shape index (κ3) is 1.65. The van der Waals surface area contributed by atoms with Gasteiger partial charge in [-0.1, -0.05) is 0 Å². The number of carboxylic acid groups (broad SMARTS) is 1. The van der Waals surface area contributed by atoms with Crippen molar-refractivity contribution in [1.29, 1.82) is 0 Å². The van der Waals surface area contributed by atoms with Crippen molar-refractivity contribution in [1.82, 2.24) is 0 Å². The first-order valence-electron chi connectivity index (χ1n) is 5.11. The predicted molar refractivity (Wildman–Crippen MR) is 68.3 cm³/mol. The Morgan fingerprint density at radius 1 is 1.33 bits per heavy atom. The summed E-state index contributed by atoms with van der Waals surface area (Å²) in [5, 5.41) is 19.5. The van der Waals surface area contributed by atoms with Gasteiger partial charge < -0.3 is 19.7 Å². The molecule has 96 valence electrons. The summed E-state index contributed by atoms with van der Waals surface area (Å²) >= 11 is 1.01. The smallest absolute Gasteiger partial charge is 0.349 e. The molecular weight excluding hydrogens is 256 g/mol. The fourth-order valence-corrected chi connectivity index (χ4v) is 2.96. The van der Waals surface area contributed by atoms with Crippen LogP contribution in [0.1, 0.15) is 15.2 Å². The Morgan fingerprint density at radius 3 is 2.50 bits per heavy atom. The molecule has 0 unspecified atom stereocenters. The van der Waals surface area contributed by atoms with E-state index in [1.54, 1.807) is 13.0 Å². The predicted octanol–water partition coefficient (Wildman–Crippen LogP) is 2.63. The van der Waals surface area contributed by atoms with E-state index in [-0.39, 0.29) is 10.6 Å². The highest BCUT2D eigenvalue weighted by atomic mass is 32.1. The van der Waals surface area contributed by atoms with Crippen LogP contribution in [0.4, 0.5) is 0 Å². The number of aromatic hydroxyl groups is 1. The minimum Gasteiger partial charge on any atom is -0.505 e. The molecule has 18 heavy (non-hydrogen) atoms. The maximum absolute atomic E-state index is 11.0. The Hall–Kier alpha value is -1.95. The summed E-state index contributed by atoms with van der Waals surface area (Å²) in [5.74, 6) is -0.359. The van der Waals surface area contributed by atoms with Gasteiger partial charge in [0.1, 0.15) is 5.75 Å². The Labute approximate surface area is 107 Å². The molecule has 2 rings (SSSR count). The number of rotatable bonds is 3. The van der Waals surface area contributed by atoms with Crippen molar-refractivity contribution >= 4 is 27.4 Å². The number of hydrogen-bond acceptors (Lipinski definition) is 5. The lowest BCUT2D eigenvalue weighted by Crippen LogP contribution is -1.93.